The molecule has 1 aromatic heterocycles. The summed E-state index contributed by atoms with van der Waals surface area (Å²) in [6, 6.07) is 7.34. The lowest BCUT2D eigenvalue weighted by Gasteiger charge is -2.47. The number of pyridine rings is 1. The molecule has 3 aliphatic heterocycles. The number of anilines is 1. The third kappa shape index (κ3) is 5.35. The summed E-state index contributed by atoms with van der Waals surface area (Å²) in [5.74, 6) is -1.82. The molecule has 0 bridgehead atoms. The second-order valence-corrected chi connectivity index (χ2v) is 10.9. The van der Waals surface area contributed by atoms with Crippen molar-refractivity contribution in [2.45, 2.75) is 30.9 Å². The Bertz CT molecular complexity index is 1440. The summed E-state index contributed by atoms with van der Waals surface area (Å²) in [4.78, 5) is 52.4. The van der Waals surface area contributed by atoms with Crippen LogP contribution in [-0.2, 0) is 32.3 Å². The number of amides is 3. The van der Waals surface area contributed by atoms with Crippen molar-refractivity contribution in [2.24, 2.45) is 5.73 Å². The monoisotopic (exact) mass is 570 g/mol. The minimum absolute atomic E-state index is 0.0542. The Morgan fingerprint density at radius 2 is 1.97 bits per heavy atom. The summed E-state index contributed by atoms with van der Waals surface area (Å²) in [6.45, 7) is 0.894. The number of aromatic nitrogens is 1. The van der Waals surface area contributed by atoms with Crippen molar-refractivity contribution in [3.63, 3.8) is 0 Å². The van der Waals surface area contributed by atoms with Gasteiger partial charge in [-0.15, -0.1) is 11.8 Å². The minimum atomic E-state index is -1.21. The highest BCUT2D eigenvalue weighted by molar-refractivity contribution is 8.00. The number of phenolic OH excluding ortho intramolecular Hbond substituents is 1. The van der Waals surface area contributed by atoms with E-state index < -0.39 is 17.9 Å². The van der Waals surface area contributed by atoms with Crippen molar-refractivity contribution >= 4 is 52.7 Å². The maximum absolute atomic E-state index is 13.1. The van der Waals surface area contributed by atoms with E-state index in [-0.39, 0.29) is 40.2 Å². The number of hydrogen-bond acceptors (Lipinski definition) is 7. The number of carboxylic acids is 1. The molecule has 0 aliphatic carbocycles. The zero-order valence-electron chi connectivity index (χ0n) is 20.5. The summed E-state index contributed by atoms with van der Waals surface area (Å²) >= 11 is 7.26. The van der Waals surface area contributed by atoms with Gasteiger partial charge < -0.3 is 26.2 Å². The number of β-lactam (4-membered cyclic amide) rings is 1. The zero-order chi connectivity index (χ0) is 27.8. The molecule has 13 heteroatoms. The number of benzene rings is 1. The lowest BCUT2D eigenvalue weighted by atomic mass is 10.0. The molecule has 4 heterocycles. The first-order chi connectivity index (χ1) is 18.6. The smallest absolute Gasteiger partial charge is 0.352 e. The topological polar surface area (TPSA) is 157 Å². The second-order valence-electron chi connectivity index (χ2n) is 9.35. The number of aliphatic carboxylic acids is 1. The Hall–Kier alpha value is -3.87. The fourth-order valence-corrected chi connectivity index (χ4v) is 6.12. The van der Waals surface area contributed by atoms with Gasteiger partial charge in [0.2, 0.25) is 18.4 Å². The summed E-state index contributed by atoms with van der Waals surface area (Å²) in [7, 11) is 0. The number of carbonyl (C=O) groups excluding carboxylic acids is 3. The van der Waals surface area contributed by atoms with E-state index in [4.69, 9.17) is 17.3 Å². The molecule has 11 nitrogen and oxygen atoms in total. The van der Waals surface area contributed by atoms with E-state index >= 15 is 0 Å². The summed E-state index contributed by atoms with van der Waals surface area (Å²) in [5, 5.41) is 21.7. The normalized spacial score (nSPS) is 21.7. The van der Waals surface area contributed by atoms with Gasteiger partial charge in [0.1, 0.15) is 22.9 Å². The average molecular weight is 571 g/mol. The Morgan fingerprint density at radius 3 is 2.67 bits per heavy atom. The van der Waals surface area contributed by atoms with E-state index in [2.05, 4.69) is 5.32 Å². The van der Waals surface area contributed by atoms with Crippen molar-refractivity contribution in [1.29, 1.82) is 0 Å². The number of carbonyl (C=O) groups is 4. The van der Waals surface area contributed by atoms with Crippen LogP contribution in [0.3, 0.4) is 0 Å². The molecule has 2 fully saturated rings. The average Bonchev–Trinajstić information content (AvgIpc) is 3.24. The van der Waals surface area contributed by atoms with Gasteiger partial charge in [0.05, 0.1) is 5.02 Å². The van der Waals surface area contributed by atoms with Crippen LogP contribution in [0.1, 0.15) is 12.0 Å². The molecule has 5 rings (SSSR count). The summed E-state index contributed by atoms with van der Waals surface area (Å²) in [5.41, 5.74) is 7.96. The Kier molecular flexibility index (Phi) is 7.34. The maximum atomic E-state index is 13.1. The molecular weight excluding hydrogens is 546 g/mol. The van der Waals surface area contributed by atoms with Crippen molar-refractivity contribution < 1.29 is 34.0 Å². The lowest BCUT2D eigenvalue weighted by molar-refractivity contribution is -0.684. The van der Waals surface area contributed by atoms with Crippen LogP contribution in [0, 0.1) is 0 Å². The fourth-order valence-electron chi connectivity index (χ4n) is 4.68. The van der Waals surface area contributed by atoms with Crippen LogP contribution >= 0.6 is 23.4 Å². The standard InChI is InChI=1S/C26H24ClN5O6S/c27-18-10-17(1-2-19(18)33)29-20(34)12-30-6-3-14(4-7-30)11-31-8-5-15(23(31)35)9-16-13-39-25-21(28)24(36)32(25)22(16)26(37)38/h1-4,6-7,9-10,21,25H,5,8,11-13,28H2,(H2-,29,33,34,37,38)/p+1/t21-,25-/m1/s1. The van der Waals surface area contributed by atoms with Gasteiger partial charge in [0.25, 0.3) is 5.91 Å². The zero-order valence-corrected chi connectivity index (χ0v) is 22.1. The molecule has 3 amide bonds. The first-order valence-corrected chi connectivity index (χ1v) is 13.5. The number of likely N-dealkylation sites (tertiary alicyclic amines) is 1. The first kappa shape index (κ1) is 26.7. The third-order valence-corrected chi connectivity index (χ3v) is 8.32. The van der Waals surface area contributed by atoms with Crippen LogP contribution in [0.2, 0.25) is 5.02 Å². The summed E-state index contributed by atoms with van der Waals surface area (Å²) in [6.07, 6.45) is 5.55. The molecule has 2 aromatic rings. The maximum Gasteiger partial charge on any atom is 0.352 e. The number of nitrogens with zero attached hydrogens (tertiary/aromatic N) is 3. The number of nitrogens with one attached hydrogen (secondary N) is 1. The molecule has 0 radical (unpaired) electrons. The van der Waals surface area contributed by atoms with E-state index in [0.717, 1.165) is 5.56 Å². The molecule has 3 aliphatic rings. The van der Waals surface area contributed by atoms with Crippen LogP contribution in [0.4, 0.5) is 5.69 Å². The number of rotatable bonds is 7. The van der Waals surface area contributed by atoms with Gasteiger partial charge in [0.15, 0.2) is 12.4 Å². The van der Waals surface area contributed by atoms with Gasteiger partial charge in [-0.1, -0.05) is 11.6 Å². The number of nitrogens with two attached hydrogens (primary N) is 1. The van der Waals surface area contributed by atoms with Crippen LogP contribution in [0.25, 0.3) is 0 Å². The number of allylic oxidation sites excluding steroid dienone is 1. The molecule has 2 atom stereocenters. The highest BCUT2D eigenvalue weighted by Gasteiger charge is 2.51. The van der Waals surface area contributed by atoms with Crippen molar-refractivity contribution in [3.05, 3.63) is 76.2 Å². The first-order valence-electron chi connectivity index (χ1n) is 12.1. The van der Waals surface area contributed by atoms with Crippen molar-refractivity contribution in [1.82, 2.24) is 9.80 Å². The second kappa shape index (κ2) is 10.7. The van der Waals surface area contributed by atoms with Crippen LogP contribution < -0.4 is 15.6 Å². The number of thioether (sulfide) groups is 1. The number of hydrogen-bond donors (Lipinski definition) is 4. The molecule has 202 valence electrons. The predicted molar refractivity (Wildman–Crippen MR) is 142 cm³/mol. The Morgan fingerprint density at radius 1 is 1.23 bits per heavy atom. The quantitative estimate of drug-likeness (QED) is 0.167. The van der Waals surface area contributed by atoms with Gasteiger partial charge in [0, 0.05) is 42.2 Å². The van der Waals surface area contributed by atoms with Gasteiger partial charge in [-0.2, -0.15) is 4.57 Å². The van der Waals surface area contributed by atoms with E-state index in [1.807, 2.05) is 12.1 Å². The predicted octanol–water partition coefficient (Wildman–Crippen LogP) is 1.21. The number of aromatic hydroxyl groups is 1. The van der Waals surface area contributed by atoms with E-state index in [1.165, 1.54) is 28.8 Å². The van der Waals surface area contributed by atoms with Crippen LogP contribution in [-0.4, -0.2) is 67.4 Å². The van der Waals surface area contributed by atoms with E-state index in [1.54, 1.807) is 34.0 Å². The Balaban J connectivity index is 1.21. The molecule has 0 unspecified atom stereocenters. The number of halogens is 1. The van der Waals surface area contributed by atoms with E-state index in [9.17, 15) is 29.4 Å². The lowest BCUT2D eigenvalue weighted by Crippen LogP contribution is -2.68. The minimum Gasteiger partial charge on any atom is -0.506 e. The Labute approximate surface area is 232 Å². The number of carboxylic acid groups (broad SMARTS) is 1. The van der Waals surface area contributed by atoms with Crippen molar-refractivity contribution in [3.8, 4) is 5.75 Å². The molecular formula is C26H25ClN5O6S+. The molecule has 1 aromatic carbocycles. The van der Waals surface area contributed by atoms with Gasteiger partial charge >= 0.3 is 5.97 Å². The third-order valence-electron chi connectivity index (χ3n) is 6.69. The molecule has 0 spiro atoms. The SMILES string of the molecule is N[C@@H]1C(=O)N2C(C(=O)O)=C(C=C3CCN(Cc4cc[n+](CC(=O)Nc5ccc(O)c(Cl)c5)cc4)C3=O)CS[C@H]12. The van der Waals surface area contributed by atoms with Crippen LogP contribution in [0.15, 0.2) is 65.6 Å². The number of fused-ring (bicyclic) bond motifs is 1. The molecule has 39 heavy (non-hydrogen) atoms. The summed E-state index contributed by atoms with van der Waals surface area (Å²) < 4.78 is 1.69. The van der Waals surface area contributed by atoms with Gasteiger partial charge in [-0.25, -0.2) is 4.79 Å². The molecule has 5 N–H and O–H groups in total. The fraction of sp³-hybridized carbons (Fsp3) is 0.269. The highest BCUT2D eigenvalue weighted by Crippen LogP contribution is 2.40. The molecule has 2 saturated heterocycles. The van der Waals surface area contributed by atoms with Crippen molar-refractivity contribution in [2.75, 3.05) is 17.6 Å². The van der Waals surface area contributed by atoms with Gasteiger partial charge in [-0.3, -0.25) is 19.3 Å². The molecule has 0 saturated carbocycles. The van der Waals surface area contributed by atoms with E-state index in [0.29, 0.717) is 42.1 Å². The number of phenols is 1. The van der Waals surface area contributed by atoms with Crippen LogP contribution in [0.5, 0.6) is 5.75 Å². The highest BCUT2D eigenvalue weighted by atomic mass is 35.5. The largest absolute Gasteiger partial charge is 0.506 e. The van der Waals surface area contributed by atoms with Gasteiger partial charge in [-0.05, 0) is 41.8 Å².